The second-order valence-corrected chi connectivity index (χ2v) is 6.81. The number of nitrogens with two attached hydrogens (primary N) is 1. The molecule has 21 heavy (non-hydrogen) atoms. The highest BCUT2D eigenvalue weighted by molar-refractivity contribution is 5.07. The molecule has 1 fully saturated rings. The van der Waals surface area contributed by atoms with Gasteiger partial charge in [0.15, 0.2) is 0 Å². The van der Waals surface area contributed by atoms with Crippen molar-refractivity contribution in [2.75, 3.05) is 6.61 Å². The Hall–Kier alpha value is -0.980. The van der Waals surface area contributed by atoms with E-state index in [1.165, 1.54) is 0 Å². The zero-order valence-electron chi connectivity index (χ0n) is 13.4. The Kier molecular flexibility index (Phi) is 4.70. The van der Waals surface area contributed by atoms with E-state index in [4.69, 9.17) is 15.0 Å². The van der Waals surface area contributed by atoms with Crippen molar-refractivity contribution in [3.8, 4) is 0 Å². The van der Waals surface area contributed by atoms with Gasteiger partial charge in [-0.3, -0.25) is 0 Å². The number of hydrogen-bond donors (Lipinski definition) is 2. The van der Waals surface area contributed by atoms with E-state index in [9.17, 15) is 5.11 Å². The van der Waals surface area contributed by atoms with Crippen molar-refractivity contribution in [1.82, 2.24) is 10.1 Å². The Morgan fingerprint density at radius 3 is 2.48 bits per heavy atom. The molecule has 0 spiro atoms. The van der Waals surface area contributed by atoms with Gasteiger partial charge in [0, 0.05) is 6.61 Å². The minimum Gasteiger partial charge on any atom is -0.391 e. The quantitative estimate of drug-likeness (QED) is 0.866. The van der Waals surface area contributed by atoms with Gasteiger partial charge in [-0.15, -0.1) is 0 Å². The van der Waals surface area contributed by atoms with Gasteiger partial charge >= 0.3 is 0 Å². The second kappa shape index (κ2) is 6.02. The van der Waals surface area contributed by atoms with E-state index >= 15 is 0 Å². The molecule has 0 amide bonds. The van der Waals surface area contributed by atoms with E-state index in [-0.39, 0.29) is 5.89 Å². The number of aliphatic hydroxyl groups is 1. The summed E-state index contributed by atoms with van der Waals surface area (Å²) >= 11 is 0. The van der Waals surface area contributed by atoms with E-state index in [2.05, 4.69) is 24.0 Å². The Bertz CT molecular complexity index is 460. The SMILES string of the molecule is CCOC1(c2noc(C(N)C(C)O)n2)CCC(C)(C)CC1. The largest absolute Gasteiger partial charge is 0.391 e. The average Bonchev–Trinajstić information content (AvgIpc) is 2.91. The molecule has 1 aromatic heterocycles. The van der Waals surface area contributed by atoms with Crippen molar-refractivity contribution in [3.63, 3.8) is 0 Å². The molecule has 1 aliphatic carbocycles. The van der Waals surface area contributed by atoms with Gasteiger partial charge in [0.25, 0.3) is 0 Å². The van der Waals surface area contributed by atoms with Crippen molar-refractivity contribution < 1.29 is 14.4 Å². The highest BCUT2D eigenvalue weighted by Crippen LogP contribution is 2.46. The molecule has 1 aromatic rings. The molecule has 0 aromatic carbocycles. The summed E-state index contributed by atoms with van der Waals surface area (Å²) in [5, 5.41) is 13.6. The van der Waals surface area contributed by atoms with Gasteiger partial charge in [0.1, 0.15) is 11.6 Å². The van der Waals surface area contributed by atoms with Crippen LogP contribution in [0, 0.1) is 5.41 Å². The number of rotatable bonds is 5. The lowest BCUT2D eigenvalue weighted by atomic mass is 9.70. The molecular weight excluding hydrogens is 270 g/mol. The average molecular weight is 297 g/mol. The third-order valence-corrected chi connectivity index (χ3v) is 4.49. The molecule has 1 heterocycles. The van der Waals surface area contributed by atoms with Crippen LogP contribution in [0.4, 0.5) is 0 Å². The van der Waals surface area contributed by atoms with Crippen LogP contribution in [-0.2, 0) is 10.3 Å². The fourth-order valence-electron chi connectivity index (χ4n) is 2.80. The van der Waals surface area contributed by atoms with Crippen LogP contribution in [-0.4, -0.2) is 28.0 Å². The monoisotopic (exact) mass is 297 g/mol. The second-order valence-electron chi connectivity index (χ2n) is 6.81. The fraction of sp³-hybridized carbons (Fsp3) is 0.867. The normalized spacial score (nSPS) is 23.7. The molecule has 6 nitrogen and oxygen atoms in total. The topological polar surface area (TPSA) is 94.4 Å². The van der Waals surface area contributed by atoms with Crippen LogP contribution in [0.1, 0.15) is 71.1 Å². The fourth-order valence-corrected chi connectivity index (χ4v) is 2.80. The summed E-state index contributed by atoms with van der Waals surface area (Å²) in [6.45, 7) is 8.73. The summed E-state index contributed by atoms with van der Waals surface area (Å²) < 4.78 is 11.3. The van der Waals surface area contributed by atoms with E-state index in [0.717, 1.165) is 25.7 Å². The molecule has 3 N–H and O–H groups in total. The summed E-state index contributed by atoms with van der Waals surface area (Å²) in [4.78, 5) is 4.41. The minimum atomic E-state index is -0.730. The standard InChI is InChI=1S/C15H27N3O3/c1-5-20-15(8-6-14(3,4)7-9-15)13-17-12(21-18-13)11(16)10(2)19/h10-11,19H,5-9,16H2,1-4H3. The minimum absolute atomic E-state index is 0.268. The zero-order valence-corrected chi connectivity index (χ0v) is 13.4. The predicted octanol–water partition coefficient (Wildman–Crippen LogP) is 2.28. The summed E-state index contributed by atoms with van der Waals surface area (Å²) in [7, 11) is 0. The molecule has 2 rings (SSSR count). The van der Waals surface area contributed by atoms with Gasteiger partial charge in [0.2, 0.25) is 11.7 Å². The summed E-state index contributed by atoms with van der Waals surface area (Å²) in [5.41, 5.74) is 5.69. The van der Waals surface area contributed by atoms with Crippen LogP contribution in [0.2, 0.25) is 0 Å². The molecule has 6 heteroatoms. The van der Waals surface area contributed by atoms with Crippen molar-refractivity contribution in [1.29, 1.82) is 0 Å². The number of ether oxygens (including phenoxy) is 1. The third-order valence-electron chi connectivity index (χ3n) is 4.49. The van der Waals surface area contributed by atoms with E-state index < -0.39 is 17.7 Å². The lowest BCUT2D eigenvalue weighted by Gasteiger charge is -2.41. The molecule has 0 bridgehead atoms. The molecule has 0 radical (unpaired) electrons. The van der Waals surface area contributed by atoms with Gasteiger partial charge in [-0.2, -0.15) is 4.98 Å². The maximum atomic E-state index is 9.55. The van der Waals surface area contributed by atoms with Crippen LogP contribution in [0.15, 0.2) is 4.52 Å². The van der Waals surface area contributed by atoms with Crippen LogP contribution < -0.4 is 5.73 Å². The van der Waals surface area contributed by atoms with Crippen molar-refractivity contribution in [3.05, 3.63) is 11.7 Å². The number of nitrogens with zero attached hydrogens (tertiary/aromatic N) is 2. The Balaban J connectivity index is 2.23. The smallest absolute Gasteiger partial charge is 0.246 e. The first kappa shape index (κ1) is 16.4. The summed E-state index contributed by atoms with van der Waals surface area (Å²) in [5.74, 6) is 0.829. The van der Waals surface area contributed by atoms with Crippen molar-refractivity contribution >= 4 is 0 Å². The van der Waals surface area contributed by atoms with Gasteiger partial charge in [-0.05, 0) is 44.9 Å². The van der Waals surface area contributed by atoms with Crippen LogP contribution in [0.25, 0.3) is 0 Å². The predicted molar refractivity (Wildman–Crippen MR) is 78.5 cm³/mol. The highest BCUT2D eigenvalue weighted by atomic mass is 16.5. The van der Waals surface area contributed by atoms with E-state index in [1.54, 1.807) is 6.92 Å². The maximum absolute atomic E-state index is 9.55. The van der Waals surface area contributed by atoms with Gasteiger partial charge in [0.05, 0.1) is 6.10 Å². The number of aromatic nitrogens is 2. The van der Waals surface area contributed by atoms with Gasteiger partial charge < -0.3 is 20.1 Å². The van der Waals surface area contributed by atoms with Crippen LogP contribution >= 0.6 is 0 Å². The Morgan fingerprint density at radius 1 is 1.33 bits per heavy atom. The molecule has 2 atom stereocenters. The Labute approximate surface area is 126 Å². The summed E-state index contributed by atoms with van der Waals surface area (Å²) in [6, 6.07) is -0.662. The van der Waals surface area contributed by atoms with Crippen LogP contribution in [0.3, 0.4) is 0 Å². The third kappa shape index (κ3) is 3.44. The molecule has 120 valence electrons. The zero-order chi connectivity index (χ0) is 15.7. The molecule has 0 aliphatic heterocycles. The van der Waals surface area contributed by atoms with Crippen LogP contribution in [0.5, 0.6) is 0 Å². The lowest BCUT2D eigenvalue weighted by molar-refractivity contribution is -0.0957. The first-order valence-electron chi connectivity index (χ1n) is 7.71. The molecule has 1 aliphatic rings. The first-order valence-corrected chi connectivity index (χ1v) is 7.71. The first-order chi connectivity index (χ1) is 9.80. The number of hydrogen-bond acceptors (Lipinski definition) is 6. The lowest BCUT2D eigenvalue weighted by Crippen LogP contribution is -2.38. The van der Waals surface area contributed by atoms with Gasteiger partial charge in [-0.25, -0.2) is 0 Å². The molecular formula is C15H27N3O3. The Morgan fingerprint density at radius 2 is 1.95 bits per heavy atom. The highest BCUT2D eigenvalue weighted by Gasteiger charge is 2.44. The van der Waals surface area contributed by atoms with E-state index in [1.807, 2.05) is 6.92 Å². The molecule has 0 saturated heterocycles. The van der Waals surface area contributed by atoms with Crippen molar-refractivity contribution in [2.24, 2.45) is 11.1 Å². The van der Waals surface area contributed by atoms with Crippen molar-refractivity contribution in [2.45, 2.75) is 71.1 Å². The summed E-state index contributed by atoms with van der Waals surface area (Å²) in [6.07, 6.45) is 3.12. The van der Waals surface area contributed by atoms with Gasteiger partial charge in [-0.1, -0.05) is 19.0 Å². The van der Waals surface area contributed by atoms with E-state index in [0.29, 0.717) is 17.8 Å². The number of aliphatic hydroxyl groups excluding tert-OH is 1. The molecule has 2 unspecified atom stereocenters. The maximum Gasteiger partial charge on any atom is 0.246 e. The molecule has 1 saturated carbocycles.